The third-order valence-electron chi connectivity index (χ3n) is 4.02. The van der Waals surface area contributed by atoms with Crippen LogP contribution in [-0.4, -0.2) is 30.2 Å². The molecule has 2 rings (SSSR count). The van der Waals surface area contributed by atoms with Gasteiger partial charge < -0.3 is 14.8 Å². The molecule has 0 saturated carbocycles. The number of ether oxygens (including phenoxy) is 2. The van der Waals surface area contributed by atoms with Crippen molar-refractivity contribution in [2.45, 2.75) is 33.6 Å². The van der Waals surface area contributed by atoms with Gasteiger partial charge >= 0.3 is 5.97 Å². The van der Waals surface area contributed by atoms with Crippen molar-refractivity contribution < 1.29 is 19.1 Å². The first-order valence-electron chi connectivity index (χ1n) is 10.0. The van der Waals surface area contributed by atoms with Crippen LogP contribution in [0.5, 0.6) is 5.75 Å². The molecule has 160 valence electrons. The molecule has 0 saturated heterocycles. The first kappa shape index (κ1) is 23.3. The van der Waals surface area contributed by atoms with Gasteiger partial charge in [0.1, 0.15) is 5.75 Å². The lowest BCUT2D eigenvalue weighted by Gasteiger charge is -2.12. The highest BCUT2D eigenvalue weighted by Crippen LogP contribution is 2.15. The van der Waals surface area contributed by atoms with Gasteiger partial charge in [0, 0.05) is 11.3 Å². The Hall–Kier alpha value is -2.93. The number of hydrogen-bond acceptors (Lipinski definition) is 5. The van der Waals surface area contributed by atoms with Crippen molar-refractivity contribution in [1.29, 1.82) is 0 Å². The second-order valence-electron chi connectivity index (χ2n) is 7.21. The fourth-order valence-electron chi connectivity index (χ4n) is 2.41. The molecule has 2 aromatic rings. The number of unbranched alkanes of at least 4 members (excludes halogenated alkanes) is 1. The zero-order chi connectivity index (χ0) is 21.9. The van der Waals surface area contributed by atoms with Crippen LogP contribution in [-0.2, 0) is 4.74 Å². The molecule has 1 amide bonds. The van der Waals surface area contributed by atoms with Crippen LogP contribution in [0.2, 0.25) is 0 Å². The Bertz CT molecular complexity index is 866. The Morgan fingerprint density at radius 3 is 2.47 bits per heavy atom. The van der Waals surface area contributed by atoms with Gasteiger partial charge in [0.05, 0.1) is 18.8 Å². The van der Waals surface area contributed by atoms with E-state index in [1.807, 2.05) is 13.0 Å². The standard InChI is InChI=1S/C23H28N2O4S/c1-4-5-13-28-22(27)17-9-11-19(12-10-17)24-23(30)25-21(26)18-7-6-8-20(14-18)29-15-16(2)3/h6-12,14,16H,4-5,13,15H2,1-3H3,(H2,24,25,26,30). The molecule has 0 aliphatic rings. The average Bonchev–Trinajstić information content (AvgIpc) is 2.73. The van der Waals surface area contributed by atoms with Crippen LogP contribution >= 0.6 is 12.2 Å². The van der Waals surface area contributed by atoms with Crippen molar-refractivity contribution in [2.24, 2.45) is 5.92 Å². The molecule has 2 N–H and O–H groups in total. The van der Waals surface area contributed by atoms with Gasteiger partial charge in [-0.1, -0.05) is 33.3 Å². The maximum Gasteiger partial charge on any atom is 0.338 e. The maximum absolute atomic E-state index is 12.4. The van der Waals surface area contributed by atoms with Crippen molar-refractivity contribution in [3.05, 3.63) is 59.7 Å². The lowest BCUT2D eigenvalue weighted by Crippen LogP contribution is -2.34. The molecule has 0 aliphatic carbocycles. The lowest BCUT2D eigenvalue weighted by molar-refractivity contribution is 0.0499. The van der Waals surface area contributed by atoms with Crippen molar-refractivity contribution in [1.82, 2.24) is 5.32 Å². The minimum absolute atomic E-state index is 0.159. The molecule has 0 bridgehead atoms. The summed E-state index contributed by atoms with van der Waals surface area (Å²) >= 11 is 5.22. The molecule has 0 radical (unpaired) electrons. The number of anilines is 1. The summed E-state index contributed by atoms with van der Waals surface area (Å²) in [4.78, 5) is 24.4. The van der Waals surface area contributed by atoms with E-state index in [0.717, 1.165) is 12.8 Å². The van der Waals surface area contributed by atoms with Crippen LogP contribution in [0.4, 0.5) is 5.69 Å². The summed E-state index contributed by atoms with van der Waals surface area (Å²) < 4.78 is 10.8. The Kier molecular flexibility index (Phi) is 9.28. The van der Waals surface area contributed by atoms with Gasteiger partial charge in [-0.3, -0.25) is 10.1 Å². The molecule has 6 nitrogen and oxygen atoms in total. The minimum Gasteiger partial charge on any atom is -0.493 e. The third-order valence-corrected chi connectivity index (χ3v) is 4.22. The first-order chi connectivity index (χ1) is 14.4. The van der Waals surface area contributed by atoms with Gasteiger partial charge in [-0.2, -0.15) is 0 Å². The number of esters is 1. The van der Waals surface area contributed by atoms with Crippen molar-refractivity contribution in [2.75, 3.05) is 18.5 Å². The molecule has 2 aromatic carbocycles. The van der Waals surface area contributed by atoms with Crippen molar-refractivity contribution in [3.8, 4) is 5.75 Å². The van der Waals surface area contributed by atoms with Gasteiger partial charge in [0.25, 0.3) is 5.91 Å². The first-order valence-corrected chi connectivity index (χ1v) is 10.4. The highest BCUT2D eigenvalue weighted by Gasteiger charge is 2.11. The maximum atomic E-state index is 12.4. The Balaban J connectivity index is 1.88. The molecule has 0 aliphatic heterocycles. The molecule has 30 heavy (non-hydrogen) atoms. The Labute approximate surface area is 183 Å². The summed E-state index contributed by atoms with van der Waals surface area (Å²) in [6, 6.07) is 13.7. The second kappa shape index (κ2) is 11.9. The van der Waals surface area contributed by atoms with Crippen LogP contribution in [0.1, 0.15) is 54.3 Å². The van der Waals surface area contributed by atoms with E-state index in [2.05, 4.69) is 24.5 Å². The van der Waals surface area contributed by atoms with E-state index in [4.69, 9.17) is 21.7 Å². The van der Waals surface area contributed by atoms with Crippen LogP contribution in [0.25, 0.3) is 0 Å². The van der Waals surface area contributed by atoms with E-state index < -0.39 is 0 Å². The second-order valence-corrected chi connectivity index (χ2v) is 7.62. The number of carbonyl (C=O) groups is 2. The molecule has 0 atom stereocenters. The number of nitrogens with one attached hydrogen (secondary N) is 2. The van der Waals surface area contributed by atoms with Crippen LogP contribution in [0.15, 0.2) is 48.5 Å². The predicted octanol–water partition coefficient (Wildman–Crippen LogP) is 4.81. The van der Waals surface area contributed by atoms with Gasteiger partial charge in [-0.25, -0.2) is 4.79 Å². The molecular weight excluding hydrogens is 400 g/mol. The van der Waals surface area contributed by atoms with E-state index >= 15 is 0 Å². The number of thiocarbonyl (C=S) groups is 1. The molecule has 0 heterocycles. The molecule has 0 fully saturated rings. The number of rotatable bonds is 9. The summed E-state index contributed by atoms with van der Waals surface area (Å²) in [5, 5.41) is 5.73. The fourth-order valence-corrected chi connectivity index (χ4v) is 2.62. The van der Waals surface area contributed by atoms with Crippen LogP contribution in [0.3, 0.4) is 0 Å². The van der Waals surface area contributed by atoms with Crippen molar-refractivity contribution >= 4 is 34.9 Å². The summed E-state index contributed by atoms with van der Waals surface area (Å²) in [5.41, 5.74) is 1.56. The zero-order valence-corrected chi connectivity index (χ0v) is 18.4. The van der Waals surface area contributed by atoms with E-state index in [-0.39, 0.29) is 17.0 Å². The summed E-state index contributed by atoms with van der Waals surface area (Å²) in [6.45, 7) is 7.14. The minimum atomic E-state index is -0.356. The monoisotopic (exact) mass is 428 g/mol. The summed E-state index contributed by atoms with van der Waals surface area (Å²) in [6.07, 6.45) is 1.81. The predicted molar refractivity (Wildman–Crippen MR) is 122 cm³/mol. The van der Waals surface area contributed by atoms with Crippen LogP contribution in [0, 0.1) is 5.92 Å². The smallest absolute Gasteiger partial charge is 0.338 e. The lowest BCUT2D eigenvalue weighted by atomic mass is 10.2. The van der Waals surface area contributed by atoms with Gasteiger partial charge in [0.2, 0.25) is 0 Å². The van der Waals surface area contributed by atoms with Gasteiger partial charge in [-0.15, -0.1) is 0 Å². The number of amides is 1. The topological polar surface area (TPSA) is 76.7 Å². The molecule has 7 heteroatoms. The summed E-state index contributed by atoms with van der Waals surface area (Å²) in [5.74, 6) is 0.338. The third kappa shape index (κ3) is 7.83. The zero-order valence-electron chi connectivity index (χ0n) is 17.6. The van der Waals surface area contributed by atoms with Gasteiger partial charge in [-0.05, 0) is 67.0 Å². The molecule has 0 aromatic heterocycles. The van der Waals surface area contributed by atoms with Crippen molar-refractivity contribution in [3.63, 3.8) is 0 Å². The number of carbonyl (C=O) groups excluding carboxylic acids is 2. The normalized spacial score (nSPS) is 10.4. The quantitative estimate of drug-likeness (QED) is 0.339. The largest absolute Gasteiger partial charge is 0.493 e. The number of benzene rings is 2. The highest BCUT2D eigenvalue weighted by molar-refractivity contribution is 7.80. The van der Waals surface area contributed by atoms with E-state index in [1.165, 1.54) is 0 Å². The SMILES string of the molecule is CCCCOC(=O)c1ccc(NC(=S)NC(=O)c2cccc(OCC(C)C)c2)cc1. The van der Waals surface area contributed by atoms with E-state index in [9.17, 15) is 9.59 Å². The molecule has 0 spiro atoms. The van der Waals surface area contributed by atoms with E-state index in [1.54, 1.807) is 42.5 Å². The molecular formula is C23H28N2O4S. The average molecular weight is 429 g/mol. The Morgan fingerprint density at radius 1 is 1.07 bits per heavy atom. The summed E-state index contributed by atoms with van der Waals surface area (Å²) in [7, 11) is 0. The van der Waals surface area contributed by atoms with Gasteiger partial charge in [0.15, 0.2) is 5.11 Å². The Morgan fingerprint density at radius 2 is 1.80 bits per heavy atom. The van der Waals surface area contributed by atoms with Crippen LogP contribution < -0.4 is 15.4 Å². The van der Waals surface area contributed by atoms with E-state index in [0.29, 0.717) is 41.7 Å². The fraction of sp³-hybridized carbons (Fsp3) is 0.348. The molecule has 0 unspecified atom stereocenters. The number of hydrogen-bond donors (Lipinski definition) is 2. The highest BCUT2D eigenvalue weighted by atomic mass is 32.1.